The highest BCUT2D eigenvalue weighted by Crippen LogP contribution is 2.36. The molecule has 1 aliphatic rings. The van der Waals surface area contributed by atoms with Crippen LogP contribution in [0.15, 0.2) is 36.4 Å². The lowest BCUT2D eigenvalue weighted by Crippen LogP contribution is -2.12. The molecule has 0 aliphatic heterocycles. The van der Waals surface area contributed by atoms with Gasteiger partial charge in [0.25, 0.3) is 5.91 Å². The summed E-state index contributed by atoms with van der Waals surface area (Å²) in [6, 6.07) is 10.4. The monoisotopic (exact) mass is 411 g/mol. The number of anilines is 2. The van der Waals surface area contributed by atoms with Crippen LogP contribution in [0.4, 0.5) is 15.8 Å². The van der Waals surface area contributed by atoms with Gasteiger partial charge in [-0.15, -0.1) is 11.3 Å². The fourth-order valence-electron chi connectivity index (χ4n) is 3.70. The molecule has 0 unspecified atom stereocenters. The number of halogens is 2. The van der Waals surface area contributed by atoms with Crippen molar-refractivity contribution < 1.29 is 9.18 Å². The van der Waals surface area contributed by atoms with Crippen molar-refractivity contribution in [3.8, 4) is 0 Å². The minimum Gasteiger partial charge on any atom is -0.397 e. The number of fused-ring (bicyclic) bond motifs is 3. The topological polar surface area (TPSA) is 68.0 Å². The second kappa shape index (κ2) is 6.43. The second-order valence-corrected chi connectivity index (χ2v) is 8.34. The predicted molar refractivity (Wildman–Crippen MR) is 113 cm³/mol. The Morgan fingerprint density at radius 1 is 1.18 bits per heavy atom. The van der Waals surface area contributed by atoms with Gasteiger partial charge in [-0.25, -0.2) is 9.37 Å². The van der Waals surface area contributed by atoms with Gasteiger partial charge in [0.15, 0.2) is 0 Å². The summed E-state index contributed by atoms with van der Waals surface area (Å²) in [5.41, 5.74) is 10.7. The maximum absolute atomic E-state index is 13.3. The molecule has 3 N–H and O–H groups in total. The summed E-state index contributed by atoms with van der Waals surface area (Å²) in [6.45, 7) is 0. The summed E-state index contributed by atoms with van der Waals surface area (Å²) >= 11 is 7.03. The van der Waals surface area contributed by atoms with Crippen LogP contribution in [-0.4, -0.2) is 10.9 Å². The summed E-state index contributed by atoms with van der Waals surface area (Å²) in [4.78, 5) is 18.6. The van der Waals surface area contributed by atoms with Crippen LogP contribution in [0.2, 0.25) is 5.02 Å². The van der Waals surface area contributed by atoms with E-state index in [0.29, 0.717) is 16.3 Å². The molecular weight excluding hydrogens is 397 g/mol. The smallest absolute Gasteiger partial charge is 0.267 e. The molecule has 0 saturated heterocycles. The standard InChI is InChI=1S/C21H15ClFN3OS/c22-15-9-13(4-5-16(15)23)25-20(27)19-18(24)14-7-12-6-10-2-1-3-11(10)8-17(12)26-21(14)28-19/h4-9H,1-3,24H2,(H,25,27). The van der Waals surface area contributed by atoms with E-state index in [-0.39, 0.29) is 10.9 Å². The number of nitrogens with zero attached hydrogens (tertiary/aromatic N) is 1. The van der Waals surface area contributed by atoms with E-state index < -0.39 is 5.82 Å². The Morgan fingerprint density at radius 3 is 2.75 bits per heavy atom. The number of aryl methyl sites for hydroxylation is 2. The molecule has 2 aromatic carbocycles. The summed E-state index contributed by atoms with van der Waals surface area (Å²) in [6.07, 6.45) is 3.36. The Labute approximate surface area is 169 Å². The van der Waals surface area contributed by atoms with Crippen LogP contribution >= 0.6 is 22.9 Å². The number of nitrogen functional groups attached to an aromatic ring is 1. The molecule has 0 atom stereocenters. The highest BCUT2D eigenvalue weighted by Gasteiger charge is 2.19. The summed E-state index contributed by atoms with van der Waals surface area (Å²) in [5, 5.41) is 4.48. The van der Waals surface area contributed by atoms with Crippen molar-refractivity contribution in [3.05, 3.63) is 63.2 Å². The molecule has 5 rings (SSSR count). The van der Waals surface area contributed by atoms with E-state index >= 15 is 0 Å². The Bertz CT molecular complexity index is 1280. The van der Waals surface area contributed by atoms with Crippen molar-refractivity contribution in [1.82, 2.24) is 4.98 Å². The number of rotatable bonds is 2. The number of carbonyl (C=O) groups is 1. The Morgan fingerprint density at radius 2 is 1.96 bits per heavy atom. The number of aromatic nitrogens is 1. The molecule has 0 radical (unpaired) electrons. The van der Waals surface area contributed by atoms with E-state index in [1.54, 1.807) is 0 Å². The third-order valence-electron chi connectivity index (χ3n) is 5.11. The molecule has 2 aromatic heterocycles. The zero-order valence-corrected chi connectivity index (χ0v) is 16.3. The van der Waals surface area contributed by atoms with Crippen LogP contribution in [0.3, 0.4) is 0 Å². The molecule has 4 aromatic rings. The van der Waals surface area contributed by atoms with Gasteiger partial charge in [0.05, 0.1) is 16.2 Å². The van der Waals surface area contributed by atoms with E-state index in [1.807, 2.05) is 6.07 Å². The van der Waals surface area contributed by atoms with Crippen molar-refractivity contribution in [2.75, 3.05) is 11.1 Å². The van der Waals surface area contributed by atoms with Crippen LogP contribution in [0.25, 0.3) is 21.1 Å². The number of benzene rings is 2. The van der Waals surface area contributed by atoms with E-state index in [2.05, 4.69) is 17.4 Å². The van der Waals surface area contributed by atoms with Crippen molar-refractivity contribution in [2.45, 2.75) is 19.3 Å². The zero-order chi connectivity index (χ0) is 19.4. The van der Waals surface area contributed by atoms with Gasteiger partial charge < -0.3 is 11.1 Å². The van der Waals surface area contributed by atoms with Crippen molar-refractivity contribution >= 4 is 61.3 Å². The van der Waals surface area contributed by atoms with Gasteiger partial charge in [-0.05, 0) is 66.8 Å². The van der Waals surface area contributed by atoms with Gasteiger partial charge >= 0.3 is 0 Å². The minimum absolute atomic E-state index is 0.0527. The summed E-state index contributed by atoms with van der Waals surface area (Å²) in [7, 11) is 0. The maximum Gasteiger partial charge on any atom is 0.267 e. The van der Waals surface area contributed by atoms with E-state index in [0.717, 1.165) is 34.0 Å². The Kier molecular flexibility index (Phi) is 4.00. The van der Waals surface area contributed by atoms with Crippen LogP contribution in [-0.2, 0) is 12.8 Å². The largest absolute Gasteiger partial charge is 0.397 e. The summed E-state index contributed by atoms with van der Waals surface area (Å²) in [5.74, 6) is -0.904. The number of pyridine rings is 1. The zero-order valence-electron chi connectivity index (χ0n) is 14.7. The van der Waals surface area contributed by atoms with Crippen molar-refractivity contribution in [3.63, 3.8) is 0 Å². The van der Waals surface area contributed by atoms with Gasteiger partial charge in [0, 0.05) is 16.5 Å². The highest BCUT2D eigenvalue weighted by atomic mass is 35.5. The van der Waals surface area contributed by atoms with Gasteiger partial charge in [-0.1, -0.05) is 11.6 Å². The molecule has 0 saturated carbocycles. The lowest BCUT2D eigenvalue weighted by atomic mass is 10.1. The predicted octanol–water partition coefficient (Wildman–Crippen LogP) is 5.57. The molecule has 1 aliphatic carbocycles. The Hall–Kier alpha value is -2.70. The number of thiophene rings is 1. The minimum atomic E-state index is -0.538. The highest BCUT2D eigenvalue weighted by molar-refractivity contribution is 7.21. The lowest BCUT2D eigenvalue weighted by Gasteiger charge is -2.05. The average molecular weight is 412 g/mol. The van der Waals surface area contributed by atoms with E-state index in [1.165, 1.54) is 47.1 Å². The molecular formula is C21H15ClFN3OS. The summed E-state index contributed by atoms with van der Waals surface area (Å²) < 4.78 is 13.3. The molecule has 1 amide bonds. The van der Waals surface area contributed by atoms with Crippen LogP contribution in [0.1, 0.15) is 27.2 Å². The molecule has 140 valence electrons. The van der Waals surface area contributed by atoms with E-state index in [9.17, 15) is 9.18 Å². The fraction of sp³-hybridized carbons (Fsp3) is 0.143. The molecule has 0 spiro atoms. The number of hydrogen-bond donors (Lipinski definition) is 2. The number of amides is 1. The quantitative estimate of drug-likeness (QED) is 0.453. The third-order valence-corrected chi connectivity index (χ3v) is 6.51. The van der Waals surface area contributed by atoms with E-state index in [4.69, 9.17) is 22.3 Å². The first kappa shape index (κ1) is 17.4. The van der Waals surface area contributed by atoms with Gasteiger partial charge in [-0.2, -0.15) is 0 Å². The first-order valence-electron chi connectivity index (χ1n) is 8.90. The van der Waals surface area contributed by atoms with Gasteiger partial charge in [0.1, 0.15) is 15.5 Å². The first-order valence-corrected chi connectivity index (χ1v) is 10.1. The molecule has 28 heavy (non-hydrogen) atoms. The molecule has 0 fully saturated rings. The lowest BCUT2D eigenvalue weighted by molar-refractivity contribution is 0.103. The van der Waals surface area contributed by atoms with Crippen molar-refractivity contribution in [2.24, 2.45) is 0 Å². The number of carbonyl (C=O) groups excluding carboxylic acids is 1. The molecule has 7 heteroatoms. The number of nitrogens with two attached hydrogens (primary N) is 1. The number of nitrogens with one attached hydrogen (secondary N) is 1. The van der Waals surface area contributed by atoms with Crippen molar-refractivity contribution in [1.29, 1.82) is 0 Å². The van der Waals surface area contributed by atoms with Gasteiger partial charge in [0.2, 0.25) is 0 Å². The molecule has 2 heterocycles. The molecule has 4 nitrogen and oxygen atoms in total. The third kappa shape index (κ3) is 2.80. The SMILES string of the molecule is Nc1c(C(=O)Nc2ccc(F)c(Cl)c2)sc2nc3cc4c(cc3cc12)CCC4. The second-order valence-electron chi connectivity index (χ2n) is 6.94. The maximum atomic E-state index is 13.3. The number of hydrogen-bond acceptors (Lipinski definition) is 4. The van der Waals surface area contributed by atoms with Crippen LogP contribution < -0.4 is 11.1 Å². The fourth-order valence-corrected chi connectivity index (χ4v) is 4.86. The Balaban J connectivity index is 1.55. The normalized spacial score (nSPS) is 13.2. The molecule has 0 bridgehead atoms. The first-order chi connectivity index (χ1) is 13.5. The average Bonchev–Trinajstić information content (AvgIpc) is 3.25. The van der Waals surface area contributed by atoms with Crippen LogP contribution in [0.5, 0.6) is 0 Å². The van der Waals surface area contributed by atoms with Gasteiger partial charge in [-0.3, -0.25) is 4.79 Å². The van der Waals surface area contributed by atoms with Crippen LogP contribution in [0, 0.1) is 5.82 Å².